The van der Waals surface area contributed by atoms with Gasteiger partial charge in [0.15, 0.2) is 0 Å². The molecule has 0 spiro atoms. The number of nitrogens with zero attached hydrogens (tertiary/aromatic N) is 1. The van der Waals surface area contributed by atoms with Crippen LogP contribution in [0.15, 0.2) is 24.4 Å². The van der Waals surface area contributed by atoms with E-state index in [9.17, 15) is 0 Å². The third kappa shape index (κ3) is 2.95. The molecule has 0 bridgehead atoms. The van der Waals surface area contributed by atoms with Gasteiger partial charge in [0.25, 0.3) is 0 Å². The summed E-state index contributed by atoms with van der Waals surface area (Å²) in [6.45, 7) is 4.73. The SMILES string of the molecule is CC1(C)CCC(Nc2ccccn2)CC1. The van der Waals surface area contributed by atoms with Crippen LogP contribution >= 0.6 is 0 Å². The monoisotopic (exact) mass is 204 g/mol. The number of aromatic nitrogens is 1. The number of pyridine rings is 1. The van der Waals surface area contributed by atoms with Crippen molar-refractivity contribution in [2.45, 2.75) is 45.6 Å². The van der Waals surface area contributed by atoms with Gasteiger partial charge in [-0.1, -0.05) is 19.9 Å². The standard InChI is InChI=1S/C13H20N2/c1-13(2)8-6-11(7-9-13)15-12-5-3-4-10-14-12/h3-5,10-11H,6-9H2,1-2H3,(H,14,15). The summed E-state index contributed by atoms with van der Waals surface area (Å²) in [5.41, 5.74) is 0.544. The molecule has 0 aromatic carbocycles. The van der Waals surface area contributed by atoms with E-state index in [0.29, 0.717) is 11.5 Å². The first-order valence-electron chi connectivity index (χ1n) is 5.83. The molecular formula is C13H20N2. The van der Waals surface area contributed by atoms with Crippen LogP contribution in [-0.4, -0.2) is 11.0 Å². The first-order valence-corrected chi connectivity index (χ1v) is 5.83. The van der Waals surface area contributed by atoms with Crippen molar-refractivity contribution in [3.05, 3.63) is 24.4 Å². The van der Waals surface area contributed by atoms with Crippen LogP contribution < -0.4 is 5.32 Å². The van der Waals surface area contributed by atoms with Gasteiger partial charge in [-0.05, 0) is 43.2 Å². The maximum absolute atomic E-state index is 4.30. The van der Waals surface area contributed by atoms with Crippen LogP contribution in [0.2, 0.25) is 0 Å². The molecule has 1 aliphatic rings. The summed E-state index contributed by atoms with van der Waals surface area (Å²) in [4.78, 5) is 4.30. The minimum Gasteiger partial charge on any atom is -0.367 e. The molecule has 1 aromatic heterocycles. The number of nitrogens with one attached hydrogen (secondary N) is 1. The van der Waals surface area contributed by atoms with Crippen LogP contribution in [0.3, 0.4) is 0 Å². The lowest BCUT2D eigenvalue weighted by atomic mass is 9.75. The molecule has 0 aliphatic heterocycles. The van der Waals surface area contributed by atoms with Gasteiger partial charge in [-0.3, -0.25) is 0 Å². The first kappa shape index (κ1) is 10.5. The Morgan fingerprint density at radius 1 is 1.27 bits per heavy atom. The van der Waals surface area contributed by atoms with Gasteiger partial charge < -0.3 is 5.32 Å². The fourth-order valence-electron chi connectivity index (χ4n) is 2.20. The summed E-state index contributed by atoms with van der Waals surface area (Å²) in [5.74, 6) is 1.02. The van der Waals surface area contributed by atoms with E-state index in [-0.39, 0.29) is 0 Å². The second kappa shape index (κ2) is 4.21. The molecule has 82 valence electrons. The van der Waals surface area contributed by atoms with Crippen LogP contribution in [0.25, 0.3) is 0 Å². The largest absolute Gasteiger partial charge is 0.367 e. The molecule has 1 fully saturated rings. The number of hydrogen-bond acceptors (Lipinski definition) is 2. The Kier molecular flexibility index (Phi) is 2.94. The summed E-state index contributed by atoms with van der Waals surface area (Å²) < 4.78 is 0. The van der Waals surface area contributed by atoms with Gasteiger partial charge in [-0.2, -0.15) is 0 Å². The number of rotatable bonds is 2. The highest BCUT2D eigenvalue weighted by Gasteiger charge is 2.26. The molecular weight excluding hydrogens is 184 g/mol. The fraction of sp³-hybridized carbons (Fsp3) is 0.615. The van der Waals surface area contributed by atoms with Crippen LogP contribution in [0.5, 0.6) is 0 Å². The lowest BCUT2D eigenvalue weighted by Gasteiger charge is -2.34. The first-order chi connectivity index (χ1) is 7.16. The maximum atomic E-state index is 4.30. The molecule has 1 N–H and O–H groups in total. The average molecular weight is 204 g/mol. The summed E-state index contributed by atoms with van der Waals surface area (Å²) in [5, 5.41) is 3.51. The Labute approximate surface area is 92.1 Å². The van der Waals surface area contributed by atoms with Crippen LogP contribution in [0.1, 0.15) is 39.5 Å². The second-order valence-electron chi connectivity index (χ2n) is 5.30. The number of hydrogen-bond donors (Lipinski definition) is 1. The summed E-state index contributed by atoms with van der Waals surface area (Å²) >= 11 is 0. The molecule has 0 unspecified atom stereocenters. The highest BCUT2D eigenvalue weighted by Crippen LogP contribution is 2.35. The van der Waals surface area contributed by atoms with Crippen LogP contribution in [-0.2, 0) is 0 Å². The summed E-state index contributed by atoms with van der Waals surface area (Å²) in [7, 11) is 0. The molecule has 15 heavy (non-hydrogen) atoms. The Balaban J connectivity index is 1.88. The zero-order valence-electron chi connectivity index (χ0n) is 9.66. The van der Waals surface area contributed by atoms with Crippen molar-refractivity contribution in [1.82, 2.24) is 4.98 Å². The van der Waals surface area contributed by atoms with Gasteiger partial charge in [0.2, 0.25) is 0 Å². The van der Waals surface area contributed by atoms with Crippen molar-refractivity contribution in [2.24, 2.45) is 5.41 Å². The Morgan fingerprint density at radius 3 is 2.60 bits per heavy atom. The fourth-order valence-corrected chi connectivity index (χ4v) is 2.20. The predicted octanol–water partition coefficient (Wildman–Crippen LogP) is 3.46. The van der Waals surface area contributed by atoms with Crippen molar-refractivity contribution in [1.29, 1.82) is 0 Å². The molecule has 2 nitrogen and oxygen atoms in total. The van der Waals surface area contributed by atoms with E-state index >= 15 is 0 Å². The molecule has 1 aromatic rings. The highest BCUT2D eigenvalue weighted by atomic mass is 15.0. The van der Waals surface area contributed by atoms with E-state index in [1.165, 1.54) is 25.7 Å². The van der Waals surface area contributed by atoms with Gasteiger partial charge in [0, 0.05) is 12.2 Å². The maximum Gasteiger partial charge on any atom is 0.126 e. The smallest absolute Gasteiger partial charge is 0.126 e. The molecule has 0 saturated heterocycles. The molecule has 0 atom stereocenters. The van der Waals surface area contributed by atoms with E-state index < -0.39 is 0 Å². The van der Waals surface area contributed by atoms with Gasteiger partial charge in [-0.15, -0.1) is 0 Å². The van der Waals surface area contributed by atoms with E-state index in [1.807, 2.05) is 24.4 Å². The quantitative estimate of drug-likeness (QED) is 0.798. The molecule has 2 heteroatoms. The molecule has 0 radical (unpaired) electrons. The minimum absolute atomic E-state index is 0.544. The Hall–Kier alpha value is -1.05. The Morgan fingerprint density at radius 2 is 2.00 bits per heavy atom. The third-order valence-corrected chi connectivity index (χ3v) is 3.36. The third-order valence-electron chi connectivity index (χ3n) is 3.36. The van der Waals surface area contributed by atoms with E-state index in [4.69, 9.17) is 0 Å². The van der Waals surface area contributed by atoms with Crippen LogP contribution in [0, 0.1) is 5.41 Å². The van der Waals surface area contributed by atoms with Gasteiger partial charge in [0.05, 0.1) is 0 Å². The lowest BCUT2D eigenvalue weighted by molar-refractivity contribution is 0.232. The topological polar surface area (TPSA) is 24.9 Å². The summed E-state index contributed by atoms with van der Waals surface area (Å²) in [6.07, 6.45) is 7.01. The van der Waals surface area contributed by atoms with E-state index in [1.54, 1.807) is 0 Å². The zero-order chi connectivity index (χ0) is 10.7. The molecule has 0 amide bonds. The number of anilines is 1. The van der Waals surface area contributed by atoms with Gasteiger partial charge in [0.1, 0.15) is 5.82 Å². The lowest BCUT2D eigenvalue weighted by Crippen LogP contribution is -2.30. The highest BCUT2D eigenvalue weighted by molar-refractivity contribution is 5.34. The van der Waals surface area contributed by atoms with Crippen molar-refractivity contribution in [3.63, 3.8) is 0 Å². The molecule has 1 aliphatic carbocycles. The van der Waals surface area contributed by atoms with Crippen LogP contribution in [0.4, 0.5) is 5.82 Å². The normalized spacial score (nSPS) is 21.2. The molecule has 2 rings (SSSR count). The van der Waals surface area contributed by atoms with E-state index in [0.717, 1.165) is 5.82 Å². The van der Waals surface area contributed by atoms with E-state index in [2.05, 4.69) is 24.1 Å². The average Bonchev–Trinajstić information content (AvgIpc) is 2.23. The van der Waals surface area contributed by atoms with Crippen molar-refractivity contribution in [3.8, 4) is 0 Å². The summed E-state index contributed by atoms with van der Waals surface area (Å²) in [6, 6.07) is 6.64. The predicted molar refractivity (Wildman–Crippen MR) is 63.9 cm³/mol. The second-order valence-corrected chi connectivity index (χ2v) is 5.30. The van der Waals surface area contributed by atoms with Crippen molar-refractivity contribution >= 4 is 5.82 Å². The Bertz CT molecular complexity index is 296. The molecule has 1 saturated carbocycles. The molecule has 1 heterocycles. The minimum atomic E-state index is 0.544. The van der Waals surface area contributed by atoms with Crippen molar-refractivity contribution < 1.29 is 0 Å². The van der Waals surface area contributed by atoms with Gasteiger partial charge >= 0.3 is 0 Å². The van der Waals surface area contributed by atoms with Crippen molar-refractivity contribution in [2.75, 3.05) is 5.32 Å². The zero-order valence-corrected chi connectivity index (χ0v) is 9.66. The van der Waals surface area contributed by atoms with Gasteiger partial charge in [-0.25, -0.2) is 4.98 Å².